The maximum Gasteiger partial charge on any atom is 0.446 e. The van der Waals surface area contributed by atoms with Gasteiger partial charge >= 0.3 is 20.8 Å². The summed E-state index contributed by atoms with van der Waals surface area (Å²) < 4.78 is 67.5. The van der Waals surface area contributed by atoms with Gasteiger partial charge in [0.1, 0.15) is 5.75 Å². The Morgan fingerprint density at radius 1 is 1.05 bits per heavy atom. The Balaban J connectivity index is 3.22. The van der Waals surface area contributed by atoms with Crippen LogP contribution in [0.25, 0.3) is 0 Å². The molecule has 0 aromatic heterocycles. The van der Waals surface area contributed by atoms with Crippen molar-refractivity contribution in [1.82, 2.24) is 0 Å². The average molecular weight is 314 g/mol. The van der Waals surface area contributed by atoms with Gasteiger partial charge in [-0.2, -0.15) is 16.8 Å². The highest BCUT2D eigenvalue weighted by atomic mass is 32.3. The van der Waals surface area contributed by atoms with Crippen LogP contribution in [0.2, 0.25) is 0 Å². The van der Waals surface area contributed by atoms with Crippen LogP contribution in [0.4, 0.5) is 0 Å². The quantitative estimate of drug-likeness (QED) is 0.643. The van der Waals surface area contributed by atoms with Gasteiger partial charge in [-0.05, 0) is 25.1 Å². The van der Waals surface area contributed by atoms with Crippen LogP contribution >= 0.6 is 0 Å². The number of aliphatic hydroxyl groups is 1. The molecule has 0 radical (unpaired) electrons. The second-order valence-electron chi connectivity index (χ2n) is 3.40. The molecule has 0 saturated carbocycles. The minimum Gasteiger partial charge on any atom is -0.389 e. The molecule has 0 aliphatic carbocycles. The van der Waals surface area contributed by atoms with Gasteiger partial charge in [0.15, 0.2) is 5.75 Å². The van der Waals surface area contributed by atoms with Crippen LogP contribution in [0.1, 0.15) is 18.6 Å². The molecule has 1 aromatic rings. The van der Waals surface area contributed by atoms with Gasteiger partial charge in [-0.1, -0.05) is 0 Å². The van der Waals surface area contributed by atoms with Crippen molar-refractivity contribution < 1.29 is 39.4 Å². The Morgan fingerprint density at radius 2 is 1.58 bits per heavy atom. The second kappa shape index (κ2) is 5.30. The minimum atomic E-state index is -4.80. The predicted octanol–water partition coefficient (Wildman–Crippen LogP) is 0.103. The van der Waals surface area contributed by atoms with E-state index in [1.165, 1.54) is 6.92 Å². The fourth-order valence-electron chi connectivity index (χ4n) is 1.22. The molecule has 1 rings (SSSR count). The van der Waals surface area contributed by atoms with Crippen molar-refractivity contribution in [2.24, 2.45) is 0 Å². The van der Waals surface area contributed by atoms with Crippen LogP contribution in [0.3, 0.4) is 0 Å². The molecule has 0 aliphatic rings. The summed E-state index contributed by atoms with van der Waals surface area (Å²) in [5.41, 5.74) is -0.168. The van der Waals surface area contributed by atoms with Gasteiger partial charge in [0, 0.05) is 5.56 Å². The Labute approximate surface area is 109 Å². The largest absolute Gasteiger partial charge is 0.446 e. The summed E-state index contributed by atoms with van der Waals surface area (Å²) in [6.07, 6.45) is -1.25. The fourth-order valence-corrected chi connectivity index (χ4v) is 1.94. The van der Waals surface area contributed by atoms with Crippen molar-refractivity contribution in [2.75, 3.05) is 0 Å². The van der Waals surface area contributed by atoms with Crippen molar-refractivity contribution in [2.45, 2.75) is 13.0 Å². The van der Waals surface area contributed by atoms with E-state index in [1.807, 2.05) is 0 Å². The second-order valence-corrected chi connectivity index (χ2v) is 5.44. The van der Waals surface area contributed by atoms with E-state index in [9.17, 15) is 21.9 Å². The SMILES string of the molecule is CC(O)c1cc(OS(=O)(=O)O)ccc1OS(=O)(=O)O. The van der Waals surface area contributed by atoms with Crippen molar-refractivity contribution in [3.05, 3.63) is 23.8 Å². The molecule has 1 unspecified atom stereocenters. The summed E-state index contributed by atoms with van der Waals surface area (Å²) in [5, 5.41) is 9.40. The Kier molecular flexibility index (Phi) is 4.37. The number of benzene rings is 1. The standard InChI is InChI=1S/C8H10O9S2/c1-5(9)7-4-6(16-18(10,11)12)2-3-8(7)17-19(13,14)15/h2-5,9H,1H3,(H,10,11,12)(H,13,14,15). The summed E-state index contributed by atoms with van der Waals surface area (Å²) in [6.45, 7) is 1.24. The summed E-state index contributed by atoms with van der Waals surface area (Å²) >= 11 is 0. The lowest BCUT2D eigenvalue weighted by molar-refractivity contribution is 0.196. The maximum absolute atomic E-state index is 10.6. The first-order valence-corrected chi connectivity index (χ1v) is 7.37. The zero-order valence-electron chi connectivity index (χ0n) is 9.42. The van der Waals surface area contributed by atoms with Gasteiger partial charge in [-0.3, -0.25) is 9.11 Å². The molecule has 108 valence electrons. The lowest BCUT2D eigenvalue weighted by Gasteiger charge is -2.12. The summed E-state index contributed by atoms with van der Waals surface area (Å²) in [6, 6.07) is 2.83. The van der Waals surface area contributed by atoms with Gasteiger partial charge in [0.05, 0.1) is 6.10 Å². The zero-order chi connectivity index (χ0) is 14.8. The zero-order valence-corrected chi connectivity index (χ0v) is 11.1. The molecule has 3 N–H and O–H groups in total. The first-order valence-electron chi connectivity index (χ1n) is 4.64. The molecule has 19 heavy (non-hydrogen) atoms. The molecular formula is C8H10O9S2. The monoisotopic (exact) mass is 314 g/mol. The van der Waals surface area contributed by atoms with E-state index in [2.05, 4.69) is 8.37 Å². The lowest BCUT2D eigenvalue weighted by atomic mass is 10.1. The van der Waals surface area contributed by atoms with E-state index in [-0.39, 0.29) is 11.3 Å². The van der Waals surface area contributed by atoms with Crippen LogP contribution in [-0.2, 0) is 20.8 Å². The number of hydrogen-bond acceptors (Lipinski definition) is 7. The Bertz CT molecular complexity index is 659. The van der Waals surface area contributed by atoms with Crippen LogP contribution in [0.5, 0.6) is 11.5 Å². The van der Waals surface area contributed by atoms with Crippen molar-refractivity contribution in [3.63, 3.8) is 0 Å². The van der Waals surface area contributed by atoms with Crippen LogP contribution in [0.15, 0.2) is 18.2 Å². The fraction of sp³-hybridized carbons (Fsp3) is 0.250. The lowest BCUT2D eigenvalue weighted by Crippen LogP contribution is -2.10. The molecule has 0 fully saturated rings. The molecule has 0 saturated heterocycles. The summed E-state index contributed by atoms with van der Waals surface area (Å²) in [4.78, 5) is 0. The van der Waals surface area contributed by atoms with Crippen LogP contribution in [-0.4, -0.2) is 31.0 Å². The third-order valence-corrected chi connectivity index (χ3v) is 2.62. The Hall–Kier alpha value is -1.40. The van der Waals surface area contributed by atoms with Crippen molar-refractivity contribution >= 4 is 20.8 Å². The number of aliphatic hydroxyl groups excluding tert-OH is 1. The summed E-state index contributed by atoms with van der Waals surface area (Å²) in [7, 11) is -9.56. The topological polar surface area (TPSA) is 147 Å². The number of rotatable bonds is 5. The smallest absolute Gasteiger partial charge is 0.389 e. The molecule has 0 bridgehead atoms. The normalized spacial score (nSPS) is 13.9. The maximum atomic E-state index is 10.6. The molecule has 1 atom stereocenters. The molecule has 11 heteroatoms. The predicted molar refractivity (Wildman–Crippen MR) is 61.4 cm³/mol. The van der Waals surface area contributed by atoms with Crippen LogP contribution in [0, 0.1) is 0 Å². The third-order valence-electron chi connectivity index (χ3n) is 1.83. The highest BCUT2D eigenvalue weighted by Crippen LogP contribution is 2.30. The minimum absolute atomic E-state index is 0.168. The summed E-state index contributed by atoms with van der Waals surface area (Å²) in [5.74, 6) is -0.790. The molecule has 0 heterocycles. The van der Waals surface area contributed by atoms with E-state index < -0.39 is 32.7 Å². The van der Waals surface area contributed by atoms with Gasteiger partial charge in [-0.15, -0.1) is 0 Å². The number of hydrogen-bond donors (Lipinski definition) is 3. The van der Waals surface area contributed by atoms with E-state index in [0.717, 1.165) is 18.2 Å². The van der Waals surface area contributed by atoms with Gasteiger partial charge in [-0.25, -0.2) is 0 Å². The molecule has 9 nitrogen and oxygen atoms in total. The highest BCUT2D eigenvalue weighted by molar-refractivity contribution is 7.81. The van der Waals surface area contributed by atoms with E-state index in [4.69, 9.17) is 9.11 Å². The first kappa shape index (κ1) is 15.7. The van der Waals surface area contributed by atoms with E-state index >= 15 is 0 Å². The average Bonchev–Trinajstić information content (AvgIpc) is 2.15. The van der Waals surface area contributed by atoms with Crippen molar-refractivity contribution in [3.8, 4) is 11.5 Å². The highest BCUT2D eigenvalue weighted by Gasteiger charge is 2.17. The van der Waals surface area contributed by atoms with Crippen LogP contribution < -0.4 is 8.37 Å². The van der Waals surface area contributed by atoms with Gasteiger partial charge in [0.2, 0.25) is 0 Å². The molecule has 0 amide bonds. The van der Waals surface area contributed by atoms with E-state index in [1.54, 1.807) is 0 Å². The van der Waals surface area contributed by atoms with Gasteiger partial charge in [0.25, 0.3) is 0 Å². The Morgan fingerprint density at radius 3 is 2.00 bits per heavy atom. The van der Waals surface area contributed by atoms with E-state index in [0.29, 0.717) is 0 Å². The molecule has 0 aliphatic heterocycles. The molecule has 1 aromatic carbocycles. The first-order chi connectivity index (χ1) is 8.48. The third kappa shape index (κ3) is 5.40. The van der Waals surface area contributed by atoms with Crippen molar-refractivity contribution in [1.29, 1.82) is 0 Å². The van der Waals surface area contributed by atoms with Gasteiger partial charge < -0.3 is 13.5 Å². The molecular weight excluding hydrogens is 304 g/mol. The molecule has 0 spiro atoms.